The number of ether oxygens (including phenoxy) is 3. The lowest BCUT2D eigenvalue weighted by molar-refractivity contribution is 0.103. The molecule has 0 aliphatic carbocycles. The van der Waals surface area contributed by atoms with E-state index in [4.69, 9.17) is 14.2 Å². The summed E-state index contributed by atoms with van der Waals surface area (Å²) in [6.07, 6.45) is 1.52. The molecular weight excluding hydrogens is 374 g/mol. The summed E-state index contributed by atoms with van der Waals surface area (Å²) in [6, 6.07) is 12.1. The molecule has 0 spiro atoms. The smallest absolute Gasteiger partial charge is 0.231 e. The van der Waals surface area contributed by atoms with Gasteiger partial charge in [-0.15, -0.1) is 0 Å². The maximum Gasteiger partial charge on any atom is 0.231 e. The van der Waals surface area contributed by atoms with Crippen molar-refractivity contribution in [2.45, 2.75) is 0 Å². The van der Waals surface area contributed by atoms with Crippen molar-refractivity contribution in [3.63, 3.8) is 0 Å². The third-order valence-corrected chi connectivity index (χ3v) is 4.18. The summed E-state index contributed by atoms with van der Waals surface area (Å²) in [4.78, 5) is 12.6. The van der Waals surface area contributed by atoms with Crippen LogP contribution in [0.25, 0.3) is 6.08 Å². The number of ketones is 1. The van der Waals surface area contributed by atoms with Gasteiger partial charge in [-0.1, -0.05) is 28.1 Å². The molecule has 2 aromatic rings. The van der Waals surface area contributed by atoms with Gasteiger partial charge in [0.15, 0.2) is 11.5 Å². The van der Waals surface area contributed by atoms with Crippen LogP contribution in [0.4, 0.5) is 0 Å². The molecule has 0 bridgehead atoms. The zero-order valence-electron chi connectivity index (χ0n) is 12.7. The van der Waals surface area contributed by atoms with Crippen LogP contribution in [0.2, 0.25) is 0 Å². The van der Waals surface area contributed by atoms with Gasteiger partial charge in [0.2, 0.25) is 12.6 Å². The number of methoxy groups -OCH3 is 1. The van der Waals surface area contributed by atoms with Crippen LogP contribution in [0.5, 0.6) is 17.2 Å². The Bertz CT molecular complexity index is 883. The Kier molecular flexibility index (Phi) is 4.54. The van der Waals surface area contributed by atoms with Crippen molar-refractivity contribution >= 4 is 27.8 Å². The molecule has 0 saturated carbocycles. The highest BCUT2D eigenvalue weighted by Crippen LogP contribution is 2.37. The van der Waals surface area contributed by atoms with Crippen molar-refractivity contribution in [1.29, 1.82) is 5.26 Å². The highest BCUT2D eigenvalue weighted by atomic mass is 79.9. The van der Waals surface area contributed by atoms with Crippen molar-refractivity contribution < 1.29 is 19.0 Å². The quantitative estimate of drug-likeness (QED) is 0.452. The number of Topliss-reactive ketones (excluding diaryl/α,β-unsaturated/α-hetero) is 1. The first-order valence-electron chi connectivity index (χ1n) is 7.02. The Morgan fingerprint density at radius 1 is 1.29 bits per heavy atom. The molecule has 5 nitrogen and oxygen atoms in total. The summed E-state index contributed by atoms with van der Waals surface area (Å²) in [6.45, 7) is 0.156. The minimum absolute atomic E-state index is 0.0165. The molecule has 0 fully saturated rings. The van der Waals surface area contributed by atoms with E-state index in [1.165, 1.54) is 13.2 Å². The predicted molar refractivity (Wildman–Crippen MR) is 91.2 cm³/mol. The van der Waals surface area contributed by atoms with Crippen molar-refractivity contribution in [2.75, 3.05) is 13.9 Å². The summed E-state index contributed by atoms with van der Waals surface area (Å²) in [5, 5.41) is 9.39. The lowest BCUT2D eigenvalue weighted by Crippen LogP contribution is -2.02. The van der Waals surface area contributed by atoms with E-state index in [9.17, 15) is 10.1 Å². The first-order valence-corrected chi connectivity index (χ1v) is 7.81. The SMILES string of the molecule is COc1cccc(C(=O)C(C#N)=Cc2cc3c(cc2Br)OCO3)c1. The molecule has 120 valence electrons. The maximum atomic E-state index is 12.6. The van der Waals surface area contributed by atoms with Crippen LogP contribution in [-0.2, 0) is 0 Å². The first kappa shape index (κ1) is 16.1. The summed E-state index contributed by atoms with van der Waals surface area (Å²) >= 11 is 3.41. The monoisotopic (exact) mass is 385 g/mol. The molecule has 0 amide bonds. The normalized spacial score (nSPS) is 12.6. The average molecular weight is 386 g/mol. The molecule has 24 heavy (non-hydrogen) atoms. The minimum Gasteiger partial charge on any atom is -0.497 e. The number of hydrogen-bond acceptors (Lipinski definition) is 5. The summed E-state index contributed by atoms with van der Waals surface area (Å²) in [5.41, 5.74) is 1.06. The topological polar surface area (TPSA) is 68.6 Å². The summed E-state index contributed by atoms with van der Waals surface area (Å²) in [5.74, 6) is 1.38. The number of carbonyl (C=O) groups is 1. The second kappa shape index (κ2) is 6.77. The Balaban J connectivity index is 1.98. The predicted octanol–water partition coefficient (Wildman–Crippen LogP) is 3.98. The molecule has 0 atom stereocenters. The van der Waals surface area contributed by atoms with Crippen LogP contribution < -0.4 is 14.2 Å². The van der Waals surface area contributed by atoms with Gasteiger partial charge in [0.05, 0.1) is 7.11 Å². The second-order valence-corrected chi connectivity index (χ2v) is 5.81. The van der Waals surface area contributed by atoms with E-state index in [0.29, 0.717) is 32.8 Å². The van der Waals surface area contributed by atoms with Crippen molar-refractivity contribution in [2.24, 2.45) is 0 Å². The Morgan fingerprint density at radius 2 is 2.04 bits per heavy atom. The van der Waals surface area contributed by atoms with Crippen LogP contribution in [-0.4, -0.2) is 19.7 Å². The van der Waals surface area contributed by atoms with Crippen molar-refractivity contribution in [1.82, 2.24) is 0 Å². The van der Waals surface area contributed by atoms with Gasteiger partial charge in [0, 0.05) is 10.0 Å². The molecule has 0 aromatic heterocycles. The summed E-state index contributed by atoms with van der Waals surface area (Å²) < 4.78 is 16.4. The zero-order chi connectivity index (χ0) is 17.1. The molecule has 0 radical (unpaired) electrons. The molecule has 1 heterocycles. The number of nitrogens with zero attached hydrogens (tertiary/aromatic N) is 1. The zero-order valence-corrected chi connectivity index (χ0v) is 14.3. The third-order valence-electron chi connectivity index (χ3n) is 3.49. The maximum absolute atomic E-state index is 12.6. The number of benzene rings is 2. The standard InChI is InChI=1S/C18H12BrNO4/c1-22-14-4-2-3-11(6-14)18(21)13(9-20)5-12-7-16-17(8-15(12)19)24-10-23-16/h2-8H,10H2,1H3. The van der Waals surface area contributed by atoms with Gasteiger partial charge < -0.3 is 14.2 Å². The summed E-state index contributed by atoms with van der Waals surface area (Å²) in [7, 11) is 1.52. The van der Waals surface area contributed by atoms with Crippen LogP contribution in [0, 0.1) is 11.3 Å². The lowest BCUT2D eigenvalue weighted by atomic mass is 10.0. The Labute approximate surface area is 147 Å². The molecule has 1 aliphatic heterocycles. The number of nitriles is 1. The highest BCUT2D eigenvalue weighted by molar-refractivity contribution is 9.10. The molecular formula is C18H12BrNO4. The number of hydrogen-bond donors (Lipinski definition) is 0. The van der Waals surface area contributed by atoms with E-state index in [-0.39, 0.29) is 18.1 Å². The number of carbonyl (C=O) groups excluding carboxylic acids is 1. The third kappa shape index (κ3) is 3.12. The van der Waals surface area contributed by atoms with E-state index in [0.717, 1.165) is 0 Å². The van der Waals surface area contributed by atoms with Gasteiger partial charge in [0.25, 0.3) is 0 Å². The second-order valence-electron chi connectivity index (χ2n) is 4.96. The molecule has 3 rings (SSSR count). The molecule has 2 aromatic carbocycles. The fourth-order valence-corrected chi connectivity index (χ4v) is 2.70. The largest absolute Gasteiger partial charge is 0.497 e. The molecule has 0 N–H and O–H groups in total. The van der Waals surface area contributed by atoms with Gasteiger partial charge in [-0.25, -0.2) is 0 Å². The van der Waals surface area contributed by atoms with E-state index >= 15 is 0 Å². The van der Waals surface area contributed by atoms with Crippen LogP contribution in [0.3, 0.4) is 0 Å². The molecule has 6 heteroatoms. The van der Waals surface area contributed by atoms with E-state index in [1.54, 1.807) is 36.4 Å². The van der Waals surface area contributed by atoms with Gasteiger partial charge in [-0.05, 0) is 35.9 Å². The van der Waals surface area contributed by atoms with Crippen LogP contribution in [0.1, 0.15) is 15.9 Å². The minimum atomic E-state index is -0.374. The molecule has 1 aliphatic rings. The van der Waals surface area contributed by atoms with E-state index in [2.05, 4.69) is 15.9 Å². The van der Waals surface area contributed by atoms with E-state index < -0.39 is 0 Å². The van der Waals surface area contributed by atoms with Gasteiger partial charge in [0.1, 0.15) is 17.4 Å². The van der Waals surface area contributed by atoms with Crippen molar-refractivity contribution in [3.05, 3.63) is 57.6 Å². The van der Waals surface area contributed by atoms with Crippen molar-refractivity contribution in [3.8, 4) is 23.3 Å². The number of fused-ring (bicyclic) bond motifs is 1. The van der Waals surface area contributed by atoms with Gasteiger partial charge in [-0.2, -0.15) is 5.26 Å². The highest BCUT2D eigenvalue weighted by Gasteiger charge is 2.18. The van der Waals surface area contributed by atoms with Crippen LogP contribution in [0.15, 0.2) is 46.4 Å². The molecule has 0 unspecified atom stereocenters. The van der Waals surface area contributed by atoms with Gasteiger partial charge in [-0.3, -0.25) is 4.79 Å². The van der Waals surface area contributed by atoms with Gasteiger partial charge >= 0.3 is 0 Å². The Morgan fingerprint density at radius 3 is 2.75 bits per heavy atom. The number of halogens is 1. The average Bonchev–Trinajstić information content (AvgIpc) is 3.06. The van der Waals surface area contributed by atoms with Crippen LogP contribution >= 0.6 is 15.9 Å². The fourth-order valence-electron chi connectivity index (χ4n) is 2.27. The lowest BCUT2D eigenvalue weighted by Gasteiger charge is -2.05. The first-order chi connectivity index (χ1) is 11.6. The Hall–Kier alpha value is -2.78. The number of rotatable bonds is 4. The van der Waals surface area contributed by atoms with E-state index in [1.807, 2.05) is 6.07 Å². The fraction of sp³-hybridized carbons (Fsp3) is 0.111. The molecule has 0 saturated heterocycles. The number of allylic oxidation sites excluding steroid dienone is 1.